The first-order valence-corrected chi connectivity index (χ1v) is 8.89. The van der Waals surface area contributed by atoms with Crippen LogP contribution in [0.3, 0.4) is 0 Å². The number of hydrogen-bond donors (Lipinski definition) is 0. The van der Waals surface area contributed by atoms with Gasteiger partial charge in [-0.1, -0.05) is 32.4 Å². The van der Waals surface area contributed by atoms with Crippen LogP contribution in [0.5, 0.6) is 0 Å². The van der Waals surface area contributed by atoms with E-state index >= 15 is 0 Å². The van der Waals surface area contributed by atoms with E-state index in [9.17, 15) is 4.79 Å². The fourth-order valence-corrected chi connectivity index (χ4v) is 6.46. The van der Waals surface area contributed by atoms with Gasteiger partial charge in [-0.2, -0.15) is 0 Å². The molecule has 4 aliphatic rings. The maximum atomic E-state index is 11.7. The van der Waals surface area contributed by atoms with Crippen LogP contribution in [0.1, 0.15) is 59.3 Å². The summed E-state index contributed by atoms with van der Waals surface area (Å²) >= 11 is 0. The van der Waals surface area contributed by atoms with Gasteiger partial charge in [-0.15, -0.1) is 0 Å². The lowest BCUT2D eigenvalue weighted by molar-refractivity contribution is -0.111. The third-order valence-electron chi connectivity index (χ3n) is 8.03. The lowest BCUT2D eigenvalue weighted by Gasteiger charge is -2.57. The molecule has 6 atom stereocenters. The standard InChI is InChI=1S/C20H28O/c1-13-4-7-17-16-6-5-14-12-15(21)8-10-20(14,3)18(16)9-11-19(13,17)2/h8,10,12-13,16-18H,4-7,9,11H2,1-3H3. The molecular formula is C20H28O. The first-order chi connectivity index (χ1) is 9.95. The van der Waals surface area contributed by atoms with Crippen molar-refractivity contribution in [3.63, 3.8) is 0 Å². The second kappa shape index (κ2) is 4.33. The highest BCUT2D eigenvalue weighted by atomic mass is 16.1. The van der Waals surface area contributed by atoms with E-state index in [-0.39, 0.29) is 11.2 Å². The molecule has 3 saturated carbocycles. The fourth-order valence-electron chi connectivity index (χ4n) is 6.46. The maximum absolute atomic E-state index is 11.7. The van der Waals surface area contributed by atoms with Crippen LogP contribution < -0.4 is 0 Å². The molecule has 4 rings (SSSR count). The zero-order valence-corrected chi connectivity index (χ0v) is 13.7. The number of allylic oxidation sites excluding steroid dienone is 4. The Hall–Kier alpha value is -0.850. The van der Waals surface area contributed by atoms with Crippen LogP contribution in [0.2, 0.25) is 0 Å². The van der Waals surface area contributed by atoms with E-state index in [1.807, 2.05) is 12.2 Å². The zero-order valence-electron chi connectivity index (χ0n) is 13.7. The predicted octanol–water partition coefficient (Wildman–Crippen LogP) is 4.93. The van der Waals surface area contributed by atoms with Gasteiger partial charge >= 0.3 is 0 Å². The Labute approximate surface area is 128 Å². The molecule has 0 aromatic rings. The van der Waals surface area contributed by atoms with Gasteiger partial charge < -0.3 is 0 Å². The van der Waals surface area contributed by atoms with Gasteiger partial charge in [0.1, 0.15) is 0 Å². The minimum absolute atomic E-state index is 0.171. The normalized spacial score (nSPS) is 52.0. The summed E-state index contributed by atoms with van der Waals surface area (Å²) in [6, 6.07) is 0. The minimum Gasteiger partial charge on any atom is -0.290 e. The smallest absolute Gasteiger partial charge is 0.178 e. The Kier molecular flexibility index (Phi) is 2.85. The van der Waals surface area contributed by atoms with E-state index < -0.39 is 0 Å². The van der Waals surface area contributed by atoms with Crippen LogP contribution in [-0.2, 0) is 4.79 Å². The van der Waals surface area contributed by atoms with Crippen molar-refractivity contribution in [3.05, 3.63) is 23.8 Å². The Morgan fingerprint density at radius 3 is 2.71 bits per heavy atom. The summed E-state index contributed by atoms with van der Waals surface area (Å²) in [4.78, 5) is 11.7. The van der Waals surface area contributed by atoms with Gasteiger partial charge in [-0.05, 0) is 79.8 Å². The van der Waals surface area contributed by atoms with Crippen LogP contribution in [0.15, 0.2) is 23.8 Å². The van der Waals surface area contributed by atoms with Crippen LogP contribution >= 0.6 is 0 Å². The molecule has 0 amide bonds. The number of fused-ring (bicyclic) bond motifs is 5. The zero-order chi connectivity index (χ0) is 14.8. The van der Waals surface area contributed by atoms with Crippen molar-refractivity contribution in [2.24, 2.45) is 34.5 Å². The molecule has 0 aromatic heterocycles. The van der Waals surface area contributed by atoms with Crippen molar-refractivity contribution in [2.75, 3.05) is 0 Å². The number of hydrogen-bond acceptors (Lipinski definition) is 1. The minimum atomic E-state index is 0.171. The van der Waals surface area contributed by atoms with E-state index in [4.69, 9.17) is 0 Å². The quantitative estimate of drug-likeness (QED) is 0.616. The predicted molar refractivity (Wildman–Crippen MR) is 85.8 cm³/mol. The molecule has 0 N–H and O–H groups in total. The summed E-state index contributed by atoms with van der Waals surface area (Å²) in [5, 5.41) is 0. The summed E-state index contributed by atoms with van der Waals surface area (Å²) in [6.07, 6.45) is 14.1. The van der Waals surface area contributed by atoms with Crippen LogP contribution in [0.4, 0.5) is 0 Å². The Morgan fingerprint density at radius 2 is 1.90 bits per heavy atom. The van der Waals surface area contributed by atoms with Gasteiger partial charge in [0.2, 0.25) is 0 Å². The molecular weight excluding hydrogens is 256 g/mol. The lowest BCUT2D eigenvalue weighted by atomic mass is 9.48. The topological polar surface area (TPSA) is 17.1 Å². The number of rotatable bonds is 0. The summed E-state index contributed by atoms with van der Waals surface area (Å²) in [6.45, 7) is 7.45. The summed E-state index contributed by atoms with van der Waals surface area (Å²) in [5.41, 5.74) is 2.18. The van der Waals surface area contributed by atoms with Crippen molar-refractivity contribution < 1.29 is 4.79 Å². The summed E-state index contributed by atoms with van der Waals surface area (Å²) in [5.74, 6) is 3.68. The largest absolute Gasteiger partial charge is 0.290 e. The second-order valence-electron chi connectivity index (χ2n) is 8.63. The van der Waals surface area contributed by atoms with Gasteiger partial charge in [-0.25, -0.2) is 0 Å². The van der Waals surface area contributed by atoms with Crippen molar-refractivity contribution >= 4 is 5.78 Å². The molecule has 3 fully saturated rings. The molecule has 0 spiro atoms. The van der Waals surface area contributed by atoms with Crippen LogP contribution in [0, 0.1) is 34.5 Å². The molecule has 6 unspecified atom stereocenters. The average molecular weight is 284 g/mol. The van der Waals surface area contributed by atoms with Crippen molar-refractivity contribution in [2.45, 2.75) is 59.3 Å². The molecule has 1 heteroatoms. The van der Waals surface area contributed by atoms with Crippen molar-refractivity contribution in [1.29, 1.82) is 0 Å². The number of ketones is 1. The molecule has 0 radical (unpaired) electrons. The maximum Gasteiger partial charge on any atom is 0.178 e. The molecule has 0 aliphatic heterocycles. The average Bonchev–Trinajstić information content (AvgIpc) is 2.76. The molecule has 21 heavy (non-hydrogen) atoms. The highest BCUT2D eigenvalue weighted by Crippen LogP contribution is 2.65. The van der Waals surface area contributed by atoms with Gasteiger partial charge in [0.25, 0.3) is 0 Å². The van der Waals surface area contributed by atoms with Crippen molar-refractivity contribution in [1.82, 2.24) is 0 Å². The van der Waals surface area contributed by atoms with Gasteiger partial charge in [-0.3, -0.25) is 4.79 Å². The summed E-state index contributed by atoms with van der Waals surface area (Å²) in [7, 11) is 0. The molecule has 1 nitrogen and oxygen atoms in total. The van der Waals surface area contributed by atoms with Gasteiger partial charge in [0, 0.05) is 5.41 Å². The SMILES string of the molecule is CC1CCC2C3CCC4=CC(=O)C=CC4(C)C3CCC12C. The third-order valence-corrected chi connectivity index (χ3v) is 8.03. The Morgan fingerprint density at radius 1 is 1.10 bits per heavy atom. The molecule has 0 saturated heterocycles. The van der Waals surface area contributed by atoms with E-state index in [0.29, 0.717) is 5.41 Å². The molecule has 4 aliphatic carbocycles. The van der Waals surface area contributed by atoms with E-state index in [1.165, 1.54) is 37.7 Å². The van der Waals surface area contributed by atoms with Crippen LogP contribution in [-0.4, -0.2) is 5.78 Å². The van der Waals surface area contributed by atoms with E-state index in [1.54, 1.807) is 0 Å². The number of carbonyl (C=O) groups is 1. The fraction of sp³-hybridized carbons (Fsp3) is 0.750. The molecule has 0 bridgehead atoms. The first kappa shape index (κ1) is 13.8. The van der Waals surface area contributed by atoms with Gasteiger partial charge in [0.05, 0.1) is 0 Å². The third kappa shape index (κ3) is 1.72. The van der Waals surface area contributed by atoms with Crippen LogP contribution in [0.25, 0.3) is 0 Å². The highest BCUT2D eigenvalue weighted by Gasteiger charge is 2.57. The summed E-state index contributed by atoms with van der Waals surface area (Å²) < 4.78 is 0. The highest BCUT2D eigenvalue weighted by molar-refractivity contribution is 6.01. The Bertz CT molecular complexity index is 542. The Balaban J connectivity index is 1.70. The molecule has 0 heterocycles. The molecule has 0 aromatic carbocycles. The van der Waals surface area contributed by atoms with Gasteiger partial charge in [0.15, 0.2) is 5.78 Å². The monoisotopic (exact) mass is 284 g/mol. The molecule has 114 valence electrons. The second-order valence-corrected chi connectivity index (χ2v) is 8.63. The van der Waals surface area contributed by atoms with E-state index in [0.717, 1.165) is 30.1 Å². The van der Waals surface area contributed by atoms with E-state index in [2.05, 4.69) is 26.8 Å². The van der Waals surface area contributed by atoms with Crippen molar-refractivity contribution in [3.8, 4) is 0 Å². The number of carbonyl (C=O) groups excluding carboxylic acids is 1. The lowest BCUT2D eigenvalue weighted by Crippen LogP contribution is -2.49. The first-order valence-electron chi connectivity index (χ1n) is 8.89.